The van der Waals surface area contributed by atoms with Crippen molar-refractivity contribution in [2.75, 3.05) is 5.32 Å². The topological polar surface area (TPSA) is 97.6 Å². The molecule has 2 aromatic heterocycles. The van der Waals surface area contributed by atoms with Crippen molar-refractivity contribution in [1.82, 2.24) is 24.8 Å². The van der Waals surface area contributed by atoms with Gasteiger partial charge in [0.2, 0.25) is 0 Å². The van der Waals surface area contributed by atoms with Crippen molar-refractivity contribution < 1.29 is 4.79 Å². The van der Waals surface area contributed by atoms with Crippen molar-refractivity contribution in [2.45, 2.75) is 25.7 Å². The number of nitrogens with zero attached hydrogens (tertiary/aromatic N) is 4. The third kappa shape index (κ3) is 2.75. The highest BCUT2D eigenvalue weighted by molar-refractivity contribution is 6.05. The molecule has 2 N–H and O–H groups in total. The number of H-pyrrole nitrogens is 1. The van der Waals surface area contributed by atoms with E-state index >= 15 is 0 Å². The van der Waals surface area contributed by atoms with Gasteiger partial charge in [-0.25, -0.2) is 9.89 Å². The quantitative estimate of drug-likeness (QED) is 0.757. The summed E-state index contributed by atoms with van der Waals surface area (Å²) in [4.78, 5) is 24.3. The van der Waals surface area contributed by atoms with Crippen LogP contribution in [0.2, 0.25) is 0 Å². The molecule has 1 aliphatic rings. The Morgan fingerprint density at radius 3 is 2.80 bits per heavy atom. The fraction of sp³-hybridized carbons (Fsp3) is 0.294. The Balaban J connectivity index is 1.60. The van der Waals surface area contributed by atoms with E-state index in [2.05, 4.69) is 25.4 Å². The molecule has 4 rings (SSSR count). The smallest absolute Gasteiger partial charge is 0.351 e. The fourth-order valence-corrected chi connectivity index (χ4v) is 3.00. The first kappa shape index (κ1) is 15.4. The van der Waals surface area contributed by atoms with E-state index in [1.807, 2.05) is 20.0 Å². The van der Waals surface area contributed by atoms with Gasteiger partial charge >= 0.3 is 5.69 Å². The van der Waals surface area contributed by atoms with Crippen molar-refractivity contribution in [2.24, 2.45) is 7.05 Å². The lowest BCUT2D eigenvalue weighted by molar-refractivity contribution is 0.102. The first-order valence-electron chi connectivity index (χ1n) is 8.13. The van der Waals surface area contributed by atoms with E-state index in [9.17, 15) is 9.59 Å². The molecule has 128 valence electrons. The Kier molecular flexibility index (Phi) is 3.52. The van der Waals surface area contributed by atoms with Crippen LogP contribution in [0.4, 0.5) is 5.69 Å². The molecule has 2 heterocycles. The van der Waals surface area contributed by atoms with Gasteiger partial charge in [0.15, 0.2) is 0 Å². The number of nitrogens with one attached hydrogen (secondary N) is 2. The van der Waals surface area contributed by atoms with E-state index in [1.54, 1.807) is 24.3 Å². The van der Waals surface area contributed by atoms with Gasteiger partial charge < -0.3 is 9.88 Å². The molecule has 0 bridgehead atoms. The summed E-state index contributed by atoms with van der Waals surface area (Å²) in [6, 6.07) is 8.90. The minimum Gasteiger partial charge on any atom is -0.351 e. The van der Waals surface area contributed by atoms with Gasteiger partial charge in [-0.1, -0.05) is 6.07 Å². The highest BCUT2D eigenvalue weighted by atomic mass is 16.2. The van der Waals surface area contributed by atoms with Gasteiger partial charge in [0.1, 0.15) is 0 Å². The molecule has 1 fully saturated rings. The monoisotopic (exact) mass is 338 g/mol. The van der Waals surface area contributed by atoms with Crippen molar-refractivity contribution in [3.8, 4) is 5.69 Å². The summed E-state index contributed by atoms with van der Waals surface area (Å²) >= 11 is 0. The maximum atomic E-state index is 12.7. The van der Waals surface area contributed by atoms with Gasteiger partial charge in [-0.05, 0) is 60.4 Å². The molecule has 0 unspecified atom stereocenters. The van der Waals surface area contributed by atoms with Crippen molar-refractivity contribution in [1.29, 1.82) is 0 Å². The van der Waals surface area contributed by atoms with Crippen LogP contribution in [0.25, 0.3) is 5.69 Å². The van der Waals surface area contributed by atoms with Crippen LogP contribution in [0.5, 0.6) is 0 Å². The predicted molar refractivity (Wildman–Crippen MR) is 92.1 cm³/mol. The molecule has 0 radical (unpaired) electrons. The minimum absolute atomic E-state index is 0.162. The molecule has 3 aromatic rings. The van der Waals surface area contributed by atoms with E-state index in [-0.39, 0.29) is 5.91 Å². The predicted octanol–water partition coefficient (Wildman–Crippen LogP) is 1.73. The Morgan fingerprint density at radius 1 is 1.32 bits per heavy atom. The van der Waals surface area contributed by atoms with E-state index < -0.39 is 5.69 Å². The maximum Gasteiger partial charge on any atom is 0.365 e. The lowest BCUT2D eigenvalue weighted by Gasteiger charge is -2.07. The molecule has 8 heteroatoms. The third-order valence-corrected chi connectivity index (χ3v) is 4.63. The lowest BCUT2D eigenvalue weighted by Crippen LogP contribution is -2.17. The molecule has 0 saturated heterocycles. The molecule has 1 amide bonds. The Morgan fingerprint density at radius 2 is 2.12 bits per heavy atom. The van der Waals surface area contributed by atoms with E-state index in [0.717, 1.165) is 10.4 Å². The number of benzene rings is 1. The number of carbonyl (C=O) groups excluding carboxylic acids is 1. The second-order valence-corrected chi connectivity index (χ2v) is 6.32. The summed E-state index contributed by atoms with van der Waals surface area (Å²) < 4.78 is 3.23. The van der Waals surface area contributed by atoms with Gasteiger partial charge in [-0.15, -0.1) is 0 Å². The van der Waals surface area contributed by atoms with Gasteiger partial charge in [0, 0.05) is 24.1 Å². The molecule has 1 aromatic carbocycles. The number of hydrogen-bond donors (Lipinski definition) is 2. The van der Waals surface area contributed by atoms with Crippen LogP contribution >= 0.6 is 0 Å². The molecular weight excluding hydrogens is 320 g/mol. The Hall–Kier alpha value is -3.16. The van der Waals surface area contributed by atoms with Crippen molar-refractivity contribution in [3.05, 3.63) is 57.8 Å². The first-order chi connectivity index (χ1) is 12.0. The van der Waals surface area contributed by atoms with Gasteiger partial charge in [-0.3, -0.25) is 4.79 Å². The number of aromatic amines is 1. The molecule has 25 heavy (non-hydrogen) atoms. The minimum atomic E-state index is -0.434. The number of rotatable bonds is 4. The fourth-order valence-electron chi connectivity index (χ4n) is 3.00. The summed E-state index contributed by atoms with van der Waals surface area (Å²) in [7, 11) is 2.00. The highest BCUT2D eigenvalue weighted by Gasteiger charge is 2.28. The molecule has 0 atom stereocenters. The standard InChI is InChI=1S/C17H18N6O2/c1-10-14(9-15(22(10)2)11-6-7-11)16(24)18-12-4-3-5-13(8-12)23-17(25)19-20-21-23/h3-5,8-9,11H,6-7H2,1-2H3,(H,18,24)(H,19,21,25). The zero-order valence-electron chi connectivity index (χ0n) is 14.0. The van der Waals surface area contributed by atoms with Crippen LogP contribution in [-0.4, -0.2) is 30.7 Å². The van der Waals surface area contributed by atoms with Crippen LogP contribution in [0.3, 0.4) is 0 Å². The zero-order chi connectivity index (χ0) is 17.6. The number of aromatic nitrogens is 5. The summed E-state index contributed by atoms with van der Waals surface area (Å²) in [5.41, 5.74) is 3.52. The molecule has 0 spiro atoms. The Bertz CT molecular complexity index is 1010. The molecule has 0 aliphatic heterocycles. The van der Waals surface area contributed by atoms with E-state index in [4.69, 9.17) is 0 Å². The van der Waals surface area contributed by atoms with Crippen LogP contribution in [0, 0.1) is 6.92 Å². The lowest BCUT2D eigenvalue weighted by atomic mass is 10.2. The Labute approximate surface area is 143 Å². The maximum absolute atomic E-state index is 12.7. The van der Waals surface area contributed by atoms with Crippen LogP contribution in [-0.2, 0) is 7.05 Å². The summed E-state index contributed by atoms with van der Waals surface area (Å²) in [5.74, 6) is 0.414. The average molecular weight is 338 g/mol. The summed E-state index contributed by atoms with van der Waals surface area (Å²) in [6.45, 7) is 1.95. The normalized spacial score (nSPS) is 13.8. The largest absolute Gasteiger partial charge is 0.365 e. The van der Waals surface area contributed by atoms with Crippen molar-refractivity contribution >= 4 is 11.6 Å². The molecular formula is C17H18N6O2. The molecule has 8 nitrogen and oxygen atoms in total. The summed E-state index contributed by atoms with van der Waals surface area (Å²) in [6.07, 6.45) is 2.37. The number of anilines is 1. The van der Waals surface area contributed by atoms with Crippen molar-refractivity contribution in [3.63, 3.8) is 0 Å². The average Bonchev–Trinajstić information content (AvgIpc) is 3.28. The second kappa shape index (κ2) is 5.73. The number of carbonyl (C=O) groups is 1. The van der Waals surface area contributed by atoms with Gasteiger partial charge in [0.25, 0.3) is 5.91 Å². The van der Waals surface area contributed by atoms with Gasteiger partial charge in [-0.2, -0.15) is 4.68 Å². The van der Waals surface area contributed by atoms with E-state index in [0.29, 0.717) is 22.9 Å². The van der Waals surface area contributed by atoms with Gasteiger partial charge in [0.05, 0.1) is 11.3 Å². The molecule has 1 saturated carbocycles. The SMILES string of the molecule is Cc1c(C(=O)Nc2cccc(-n3nn[nH]c3=O)c2)cc(C2CC2)n1C. The van der Waals surface area contributed by atoms with Crippen LogP contribution < -0.4 is 11.0 Å². The third-order valence-electron chi connectivity index (χ3n) is 4.63. The first-order valence-corrected chi connectivity index (χ1v) is 8.13. The molecule has 1 aliphatic carbocycles. The van der Waals surface area contributed by atoms with Crippen LogP contribution in [0.15, 0.2) is 35.1 Å². The number of hydrogen-bond acceptors (Lipinski definition) is 4. The number of tetrazole rings is 1. The number of amides is 1. The zero-order valence-corrected chi connectivity index (χ0v) is 14.0. The second-order valence-electron chi connectivity index (χ2n) is 6.32. The summed E-state index contributed by atoms with van der Waals surface area (Å²) in [5, 5.41) is 12.3. The highest BCUT2D eigenvalue weighted by Crippen LogP contribution is 2.41. The van der Waals surface area contributed by atoms with Crippen LogP contribution in [0.1, 0.15) is 40.5 Å². The van der Waals surface area contributed by atoms with E-state index in [1.165, 1.54) is 18.5 Å².